The first-order valence-corrected chi connectivity index (χ1v) is 10.1. The number of nitrogen functional groups attached to an aromatic ring is 1. The zero-order valence-corrected chi connectivity index (χ0v) is 17.3. The molecule has 30 heavy (non-hydrogen) atoms. The number of esters is 1. The van der Waals surface area contributed by atoms with Crippen LogP contribution in [0, 0.1) is 0 Å². The summed E-state index contributed by atoms with van der Waals surface area (Å²) in [5.41, 5.74) is 8.17. The molecule has 1 aromatic carbocycles. The van der Waals surface area contributed by atoms with Crippen LogP contribution in [0.2, 0.25) is 0 Å². The largest absolute Gasteiger partial charge is 0.465 e. The van der Waals surface area contributed by atoms with Gasteiger partial charge in [-0.25, -0.2) is 4.79 Å². The molecule has 3 rings (SSSR count). The van der Waals surface area contributed by atoms with Crippen molar-refractivity contribution in [3.05, 3.63) is 45.9 Å². The van der Waals surface area contributed by atoms with Crippen LogP contribution in [0.1, 0.15) is 44.2 Å². The van der Waals surface area contributed by atoms with Crippen LogP contribution in [0.15, 0.2) is 29.1 Å². The average Bonchev–Trinajstić information content (AvgIpc) is 3.04. The van der Waals surface area contributed by atoms with E-state index in [1.54, 1.807) is 0 Å². The van der Waals surface area contributed by atoms with Gasteiger partial charge in [0.25, 0.3) is 0 Å². The van der Waals surface area contributed by atoms with Gasteiger partial charge in [0.15, 0.2) is 11.5 Å². The van der Waals surface area contributed by atoms with Crippen LogP contribution in [0.4, 0.5) is 5.82 Å². The second kappa shape index (κ2) is 9.91. The van der Waals surface area contributed by atoms with Crippen molar-refractivity contribution in [3.8, 4) is 6.01 Å². The first-order valence-electron chi connectivity index (χ1n) is 10.1. The van der Waals surface area contributed by atoms with Crippen LogP contribution in [0.5, 0.6) is 6.01 Å². The minimum Gasteiger partial charge on any atom is -0.465 e. The van der Waals surface area contributed by atoms with Gasteiger partial charge >= 0.3 is 17.7 Å². The molecule has 0 unspecified atom stereocenters. The summed E-state index contributed by atoms with van der Waals surface area (Å²) in [7, 11) is 0. The number of hydrogen-bond acceptors (Lipinski definition) is 7. The molecule has 0 aliphatic heterocycles. The molecule has 0 radical (unpaired) electrons. The van der Waals surface area contributed by atoms with E-state index in [4.69, 9.17) is 15.2 Å². The Kier molecular flexibility index (Phi) is 7.05. The Hall–Kier alpha value is -3.36. The molecular formula is C21H27N5O4. The van der Waals surface area contributed by atoms with Crippen LogP contribution in [0.25, 0.3) is 11.2 Å². The maximum absolute atomic E-state index is 12.5. The molecule has 0 spiro atoms. The molecule has 2 heterocycles. The van der Waals surface area contributed by atoms with E-state index in [9.17, 15) is 9.59 Å². The second-order valence-electron chi connectivity index (χ2n) is 7.02. The number of nitrogens with two attached hydrogens (primary N) is 1. The highest BCUT2D eigenvalue weighted by Gasteiger charge is 2.15. The van der Waals surface area contributed by atoms with Gasteiger partial charge in [0.05, 0.1) is 26.2 Å². The lowest BCUT2D eigenvalue weighted by molar-refractivity contribution is -0.142. The number of aromatic nitrogens is 4. The van der Waals surface area contributed by atoms with Gasteiger partial charge in [0.2, 0.25) is 0 Å². The van der Waals surface area contributed by atoms with E-state index in [1.165, 1.54) is 4.57 Å². The Morgan fingerprint density at radius 3 is 2.53 bits per heavy atom. The van der Waals surface area contributed by atoms with E-state index in [-0.39, 0.29) is 29.9 Å². The van der Waals surface area contributed by atoms with Crippen molar-refractivity contribution in [2.24, 2.45) is 0 Å². The Balaban J connectivity index is 1.78. The number of rotatable bonds is 10. The third kappa shape index (κ3) is 5.16. The zero-order valence-electron chi connectivity index (χ0n) is 17.3. The fraction of sp³-hybridized carbons (Fsp3) is 0.429. The molecule has 0 bridgehead atoms. The lowest BCUT2D eigenvalue weighted by Crippen LogP contribution is -2.18. The molecule has 3 aromatic rings. The van der Waals surface area contributed by atoms with Gasteiger partial charge in [-0.3, -0.25) is 9.36 Å². The summed E-state index contributed by atoms with van der Waals surface area (Å²) in [5, 5.41) is 0. The summed E-state index contributed by atoms with van der Waals surface area (Å²) in [5.74, 6) is -0.0801. The van der Waals surface area contributed by atoms with Crippen LogP contribution in [-0.4, -0.2) is 38.7 Å². The summed E-state index contributed by atoms with van der Waals surface area (Å²) in [4.78, 5) is 35.4. The lowest BCUT2D eigenvalue weighted by atomic mass is 10.1. The molecule has 0 amide bonds. The number of carbonyl (C=O) groups excluding carboxylic acids is 1. The molecule has 0 aliphatic carbocycles. The highest BCUT2D eigenvalue weighted by atomic mass is 16.5. The average molecular weight is 413 g/mol. The van der Waals surface area contributed by atoms with Crippen LogP contribution in [0.3, 0.4) is 0 Å². The van der Waals surface area contributed by atoms with Gasteiger partial charge in [-0.2, -0.15) is 9.97 Å². The summed E-state index contributed by atoms with van der Waals surface area (Å²) in [6.45, 7) is 5.22. The monoisotopic (exact) mass is 413 g/mol. The maximum Gasteiger partial charge on any atom is 0.328 e. The Morgan fingerprint density at radius 1 is 1.10 bits per heavy atom. The quantitative estimate of drug-likeness (QED) is 0.386. The van der Waals surface area contributed by atoms with Gasteiger partial charge in [-0.15, -0.1) is 0 Å². The van der Waals surface area contributed by atoms with E-state index in [0.29, 0.717) is 30.9 Å². The van der Waals surface area contributed by atoms with Crippen molar-refractivity contribution in [1.29, 1.82) is 0 Å². The Labute approximate surface area is 174 Å². The van der Waals surface area contributed by atoms with Crippen LogP contribution in [-0.2, 0) is 22.5 Å². The number of benzene rings is 1. The number of carbonyl (C=O) groups is 1. The van der Waals surface area contributed by atoms with Crippen molar-refractivity contribution >= 4 is 23.0 Å². The van der Waals surface area contributed by atoms with Gasteiger partial charge in [0.1, 0.15) is 5.52 Å². The number of nitrogens with one attached hydrogen (secondary N) is 1. The van der Waals surface area contributed by atoms with Crippen LogP contribution < -0.4 is 16.2 Å². The number of nitrogens with zero attached hydrogens (tertiary/aromatic N) is 3. The van der Waals surface area contributed by atoms with Crippen molar-refractivity contribution in [2.75, 3.05) is 18.9 Å². The zero-order chi connectivity index (χ0) is 21.5. The van der Waals surface area contributed by atoms with Gasteiger partial charge in [-0.05, 0) is 24.0 Å². The second-order valence-corrected chi connectivity index (χ2v) is 7.02. The molecule has 0 fully saturated rings. The number of fused-ring (bicyclic) bond motifs is 1. The van der Waals surface area contributed by atoms with Crippen molar-refractivity contribution in [3.63, 3.8) is 0 Å². The first-order chi connectivity index (χ1) is 14.5. The van der Waals surface area contributed by atoms with Crippen molar-refractivity contribution in [1.82, 2.24) is 19.5 Å². The molecule has 0 atom stereocenters. The summed E-state index contributed by atoms with van der Waals surface area (Å²) in [6, 6.07) is 7.60. The standard InChI is InChI=1S/C21H27N5O4/c1-3-5-11-30-20-24-18(22)17-19(25-20)26(21(28)23-17)13-15-8-6-14(7-9-15)12-16(27)29-10-4-2/h6-9H,3-5,10-13H2,1-2H3,(H,23,28)(H2,22,24,25). The molecule has 160 valence electrons. The minimum atomic E-state index is -0.330. The number of imidazole rings is 1. The fourth-order valence-electron chi connectivity index (χ4n) is 2.93. The van der Waals surface area contributed by atoms with Crippen molar-refractivity contribution in [2.45, 2.75) is 46.1 Å². The van der Waals surface area contributed by atoms with E-state index in [1.807, 2.05) is 31.2 Å². The Morgan fingerprint density at radius 2 is 1.83 bits per heavy atom. The molecule has 3 N–H and O–H groups in total. The molecule has 0 aliphatic rings. The van der Waals surface area contributed by atoms with Crippen LogP contribution >= 0.6 is 0 Å². The third-order valence-corrected chi connectivity index (χ3v) is 4.54. The predicted molar refractivity (Wildman–Crippen MR) is 113 cm³/mol. The summed E-state index contributed by atoms with van der Waals surface area (Å²) < 4.78 is 12.2. The number of hydrogen-bond donors (Lipinski definition) is 2. The number of H-pyrrole nitrogens is 1. The summed E-state index contributed by atoms with van der Waals surface area (Å²) >= 11 is 0. The molecular weight excluding hydrogens is 386 g/mol. The fourth-order valence-corrected chi connectivity index (χ4v) is 2.93. The number of aromatic amines is 1. The van der Waals surface area contributed by atoms with E-state index < -0.39 is 0 Å². The lowest BCUT2D eigenvalue weighted by Gasteiger charge is -2.08. The molecule has 9 nitrogen and oxygen atoms in total. The highest BCUT2D eigenvalue weighted by Crippen LogP contribution is 2.19. The van der Waals surface area contributed by atoms with Gasteiger partial charge in [-0.1, -0.05) is 44.5 Å². The minimum absolute atomic E-state index is 0.155. The number of unbranched alkanes of at least 4 members (excludes halogenated alkanes) is 1. The molecule has 9 heteroatoms. The Bertz CT molecular complexity index is 1060. The molecule has 0 saturated heterocycles. The smallest absolute Gasteiger partial charge is 0.328 e. The molecule has 0 saturated carbocycles. The van der Waals surface area contributed by atoms with E-state index >= 15 is 0 Å². The number of anilines is 1. The van der Waals surface area contributed by atoms with Gasteiger partial charge in [0, 0.05) is 0 Å². The maximum atomic E-state index is 12.5. The first kappa shape index (κ1) is 21.4. The highest BCUT2D eigenvalue weighted by molar-refractivity contribution is 5.82. The third-order valence-electron chi connectivity index (χ3n) is 4.54. The number of ether oxygens (including phenoxy) is 2. The normalized spacial score (nSPS) is 11.0. The molecule has 2 aromatic heterocycles. The SMILES string of the molecule is CCCCOc1nc(N)c2[nH]c(=O)n(Cc3ccc(CC(=O)OCCC)cc3)c2n1. The topological polar surface area (TPSA) is 125 Å². The van der Waals surface area contributed by atoms with E-state index in [0.717, 1.165) is 30.4 Å². The van der Waals surface area contributed by atoms with E-state index in [2.05, 4.69) is 21.9 Å². The van der Waals surface area contributed by atoms with Gasteiger partial charge < -0.3 is 20.2 Å². The predicted octanol–water partition coefficient (Wildman–Crippen LogP) is 2.42. The summed E-state index contributed by atoms with van der Waals surface area (Å²) in [6.07, 6.45) is 2.87. The van der Waals surface area contributed by atoms with Crippen molar-refractivity contribution < 1.29 is 14.3 Å².